The second kappa shape index (κ2) is 11.1. The highest BCUT2D eigenvalue weighted by atomic mass is 127. The van der Waals surface area contributed by atoms with E-state index in [1.807, 2.05) is 13.8 Å². The number of primary amides is 1. The molecule has 0 aromatic heterocycles. The predicted octanol–water partition coefficient (Wildman–Crippen LogP) is 2.28. The molecule has 0 aliphatic rings. The van der Waals surface area contributed by atoms with Gasteiger partial charge in [0.2, 0.25) is 5.91 Å². The lowest BCUT2D eigenvalue weighted by Crippen LogP contribution is -2.43. The van der Waals surface area contributed by atoms with E-state index in [4.69, 9.17) is 10.5 Å². The topological polar surface area (TPSA) is 88.7 Å². The van der Waals surface area contributed by atoms with Gasteiger partial charge in [0.1, 0.15) is 6.10 Å². The number of ether oxygens (including phenoxy) is 1. The number of carbonyl (C=O) groups excluding carboxylic acids is 1. The molecule has 6 nitrogen and oxygen atoms in total. The molecule has 0 spiro atoms. The van der Waals surface area contributed by atoms with Crippen molar-refractivity contribution >= 4 is 35.8 Å². The fourth-order valence-electron chi connectivity index (χ4n) is 1.74. The summed E-state index contributed by atoms with van der Waals surface area (Å²) < 4.78 is 19.1. The highest BCUT2D eigenvalue weighted by Crippen LogP contribution is 2.17. The molecule has 1 aromatic rings. The van der Waals surface area contributed by atoms with Gasteiger partial charge in [0.25, 0.3) is 0 Å². The van der Waals surface area contributed by atoms with Gasteiger partial charge in [-0.3, -0.25) is 9.79 Å². The number of amides is 1. The van der Waals surface area contributed by atoms with Crippen LogP contribution in [0.3, 0.4) is 0 Å². The Hall–Kier alpha value is -1.58. The molecule has 0 fully saturated rings. The SMILES string of the molecule is CCNC(=NCC(C)(C)C(N)=O)NCC(C)Oc1ccccc1F.I. The van der Waals surface area contributed by atoms with Crippen molar-refractivity contribution in [1.82, 2.24) is 10.6 Å². The van der Waals surface area contributed by atoms with E-state index in [2.05, 4.69) is 15.6 Å². The molecule has 0 radical (unpaired) electrons. The van der Waals surface area contributed by atoms with Crippen LogP contribution in [0.25, 0.3) is 0 Å². The van der Waals surface area contributed by atoms with Crippen LogP contribution in [0.4, 0.5) is 4.39 Å². The maximum atomic E-state index is 13.6. The lowest BCUT2D eigenvalue weighted by Gasteiger charge is -2.20. The molecule has 0 saturated carbocycles. The molecule has 1 rings (SSSR count). The molecule has 1 unspecified atom stereocenters. The third-order valence-electron chi connectivity index (χ3n) is 3.37. The number of nitrogens with two attached hydrogens (primary N) is 1. The van der Waals surface area contributed by atoms with Crippen LogP contribution >= 0.6 is 24.0 Å². The Balaban J connectivity index is 0.00000576. The molecular weight excluding hydrogens is 438 g/mol. The summed E-state index contributed by atoms with van der Waals surface area (Å²) in [7, 11) is 0. The first-order chi connectivity index (χ1) is 11.3. The van der Waals surface area contributed by atoms with Gasteiger partial charge in [-0.05, 0) is 39.8 Å². The van der Waals surface area contributed by atoms with E-state index < -0.39 is 17.1 Å². The summed E-state index contributed by atoms with van der Waals surface area (Å²) in [6.45, 7) is 8.62. The smallest absolute Gasteiger partial charge is 0.224 e. The van der Waals surface area contributed by atoms with Crippen molar-refractivity contribution < 1.29 is 13.9 Å². The normalized spacial score (nSPS) is 12.8. The molecule has 142 valence electrons. The number of rotatable bonds is 8. The number of para-hydroxylation sites is 1. The van der Waals surface area contributed by atoms with Crippen LogP contribution in [0.5, 0.6) is 5.75 Å². The summed E-state index contributed by atoms with van der Waals surface area (Å²) in [4.78, 5) is 15.7. The van der Waals surface area contributed by atoms with Crippen molar-refractivity contribution in [3.05, 3.63) is 30.1 Å². The van der Waals surface area contributed by atoms with Gasteiger partial charge in [0.15, 0.2) is 17.5 Å². The fraction of sp³-hybridized carbons (Fsp3) is 0.529. The van der Waals surface area contributed by atoms with E-state index in [9.17, 15) is 9.18 Å². The average Bonchev–Trinajstić information content (AvgIpc) is 2.52. The molecule has 1 atom stereocenters. The van der Waals surface area contributed by atoms with Gasteiger partial charge in [-0.15, -0.1) is 24.0 Å². The molecular formula is C17H28FIN4O2. The number of hydrogen-bond acceptors (Lipinski definition) is 3. The molecule has 0 bridgehead atoms. The maximum absolute atomic E-state index is 13.6. The predicted molar refractivity (Wildman–Crippen MR) is 109 cm³/mol. The highest BCUT2D eigenvalue weighted by Gasteiger charge is 2.24. The van der Waals surface area contributed by atoms with Crippen LogP contribution in [0.1, 0.15) is 27.7 Å². The lowest BCUT2D eigenvalue weighted by atomic mass is 9.93. The highest BCUT2D eigenvalue weighted by molar-refractivity contribution is 14.0. The van der Waals surface area contributed by atoms with Crippen molar-refractivity contribution in [2.24, 2.45) is 16.1 Å². The number of halogens is 2. The zero-order valence-electron chi connectivity index (χ0n) is 15.1. The van der Waals surface area contributed by atoms with E-state index >= 15 is 0 Å². The van der Waals surface area contributed by atoms with Crippen LogP contribution < -0.4 is 21.1 Å². The Kier molecular flexibility index (Phi) is 10.4. The Morgan fingerprint density at radius 3 is 2.56 bits per heavy atom. The average molecular weight is 466 g/mol. The van der Waals surface area contributed by atoms with Crippen molar-refractivity contribution in [2.75, 3.05) is 19.6 Å². The zero-order chi connectivity index (χ0) is 18.2. The van der Waals surface area contributed by atoms with E-state index in [1.54, 1.807) is 32.0 Å². The maximum Gasteiger partial charge on any atom is 0.224 e. The van der Waals surface area contributed by atoms with E-state index in [0.29, 0.717) is 19.0 Å². The van der Waals surface area contributed by atoms with E-state index in [0.717, 1.165) is 0 Å². The minimum Gasteiger partial charge on any atom is -0.486 e. The molecule has 1 amide bonds. The van der Waals surface area contributed by atoms with E-state index in [-0.39, 0.29) is 42.4 Å². The quantitative estimate of drug-likeness (QED) is 0.312. The van der Waals surface area contributed by atoms with Crippen LogP contribution in [0.2, 0.25) is 0 Å². The van der Waals surface area contributed by atoms with Crippen LogP contribution in [-0.2, 0) is 4.79 Å². The third kappa shape index (κ3) is 8.37. The summed E-state index contributed by atoms with van der Waals surface area (Å²) in [6.07, 6.45) is -0.269. The van der Waals surface area contributed by atoms with Crippen molar-refractivity contribution in [1.29, 1.82) is 0 Å². The van der Waals surface area contributed by atoms with Gasteiger partial charge < -0.3 is 21.1 Å². The zero-order valence-corrected chi connectivity index (χ0v) is 17.5. The Morgan fingerprint density at radius 1 is 1.36 bits per heavy atom. The number of nitrogens with zero attached hydrogens (tertiary/aromatic N) is 1. The number of benzene rings is 1. The molecule has 25 heavy (non-hydrogen) atoms. The van der Waals surface area contributed by atoms with Crippen molar-refractivity contribution in [3.63, 3.8) is 0 Å². The minimum absolute atomic E-state index is 0. The molecule has 0 aliphatic carbocycles. The number of nitrogens with one attached hydrogen (secondary N) is 2. The summed E-state index contributed by atoms with van der Waals surface area (Å²) in [5.41, 5.74) is 4.62. The van der Waals surface area contributed by atoms with Crippen LogP contribution in [0.15, 0.2) is 29.3 Å². The second-order valence-corrected chi connectivity index (χ2v) is 6.18. The molecule has 0 heterocycles. The molecule has 1 aromatic carbocycles. The molecule has 0 saturated heterocycles. The van der Waals surface area contributed by atoms with Crippen molar-refractivity contribution in [3.8, 4) is 5.75 Å². The van der Waals surface area contributed by atoms with Gasteiger partial charge in [-0.2, -0.15) is 0 Å². The largest absolute Gasteiger partial charge is 0.486 e. The molecule has 0 aliphatic heterocycles. The summed E-state index contributed by atoms with van der Waals surface area (Å²) >= 11 is 0. The third-order valence-corrected chi connectivity index (χ3v) is 3.37. The summed E-state index contributed by atoms with van der Waals surface area (Å²) in [5.74, 6) is -0.0362. The van der Waals surface area contributed by atoms with Gasteiger partial charge in [-0.25, -0.2) is 4.39 Å². The number of carbonyl (C=O) groups is 1. The van der Waals surface area contributed by atoms with Crippen LogP contribution in [-0.4, -0.2) is 37.6 Å². The first kappa shape index (κ1) is 23.4. The van der Waals surface area contributed by atoms with Gasteiger partial charge in [-0.1, -0.05) is 12.1 Å². The number of guanidine groups is 1. The fourth-order valence-corrected chi connectivity index (χ4v) is 1.74. The lowest BCUT2D eigenvalue weighted by molar-refractivity contribution is -0.125. The Labute approximate surface area is 165 Å². The standard InChI is InChI=1S/C17H27FN4O2.HI/c1-5-20-16(22-11-17(3,4)15(19)23)21-10-12(2)24-14-9-7-6-8-13(14)18;/h6-9,12H,5,10-11H2,1-4H3,(H2,19,23)(H2,20,21,22);1H. The van der Waals surface area contributed by atoms with Gasteiger partial charge >= 0.3 is 0 Å². The Bertz CT molecular complexity index is 582. The van der Waals surface area contributed by atoms with Gasteiger partial charge in [0, 0.05) is 6.54 Å². The number of hydrogen-bond donors (Lipinski definition) is 3. The minimum atomic E-state index is -0.725. The first-order valence-electron chi connectivity index (χ1n) is 7.99. The number of aliphatic imine (C=N–C) groups is 1. The van der Waals surface area contributed by atoms with Crippen molar-refractivity contribution in [2.45, 2.75) is 33.8 Å². The monoisotopic (exact) mass is 466 g/mol. The van der Waals surface area contributed by atoms with Gasteiger partial charge in [0.05, 0.1) is 18.5 Å². The first-order valence-corrected chi connectivity index (χ1v) is 7.99. The van der Waals surface area contributed by atoms with E-state index in [1.165, 1.54) is 6.07 Å². The van der Waals surface area contributed by atoms with Crippen LogP contribution in [0, 0.1) is 11.2 Å². The summed E-state index contributed by atoms with van der Waals surface area (Å²) in [6, 6.07) is 6.27. The molecule has 4 N–H and O–H groups in total. The Morgan fingerprint density at radius 2 is 2.00 bits per heavy atom. The second-order valence-electron chi connectivity index (χ2n) is 6.18. The molecule has 8 heteroatoms. The summed E-state index contributed by atoms with van der Waals surface area (Å²) in [5, 5.41) is 6.19.